The molecule has 21 heavy (non-hydrogen) atoms. The van der Waals surface area contributed by atoms with Crippen molar-refractivity contribution in [3.63, 3.8) is 0 Å². The second-order valence-electron chi connectivity index (χ2n) is 9.05. The average molecular weight is 406 g/mol. The molecule has 124 valence electrons. The molecule has 0 spiro atoms. The molecule has 0 radical (unpaired) electrons. The SMILES string of the molecule is CC1CC(OC2(CI)CCC(C(C)C)CC2)CC(C)(C)C1. The van der Waals surface area contributed by atoms with Gasteiger partial charge in [0.1, 0.15) is 0 Å². The number of hydrogen-bond donors (Lipinski definition) is 0. The Labute approximate surface area is 146 Å². The van der Waals surface area contributed by atoms with E-state index >= 15 is 0 Å². The molecule has 0 aromatic rings. The Balaban J connectivity index is 1.96. The van der Waals surface area contributed by atoms with Gasteiger partial charge in [0.2, 0.25) is 0 Å². The van der Waals surface area contributed by atoms with Crippen molar-refractivity contribution >= 4 is 22.6 Å². The van der Waals surface area contributed by atoms with Crippen molar-refractivity contribution in [3.05, 3.63) is 0 Å². The van der Waals surface area contributed by atoms with E-state index in [9.17, 15) is 0 Å². The highest BCUT2D eigenvalue weighted by Gasteiger charge is 2.41. The quantitative estimate of drug-likeness (QED) is 0.397. The maximum absolute atomic E-state index is 6.80. The molecule has 2 aliphatic carbocycles. The van der Waals surface area contributed by atoms with Crippen LogP contribution in [0.4, 0.5) is 0 Å². The van der Waals surface area contributed by atoms with Gasteiger partial charge in [-0.15, -0.1) is 0 Å². The summed E-state index contributed by atoms with van der Waals surface area (Å²) < 4.78 is 7.96. The number of ether oxygens (including phenoxy) is 1. The second-order valence-corrected chi connectivity index (χ2v) is 9.81. The van der Waals surface area contributed by atoms with E-state index in [4.69, 9.17) is 4.74 Å². The Bertz CT molecular complexity index is 328. The Morgan fingerprint density at radius 3 is 2.24 bits per heavy atom. The van der Waals surface area contributed by atoms with Crippen LogP contribution >= 0.6 is 22.6 Å². The summed E-state index contributed by atoms with van der Waals surface area (Å²) in [6.07, 6.45) is 9.68. The van der Waals surface area contributed by atoms with Crippen LogP contribution in [0, 0.1) is 23.2 Å². The van der Waals surface area contributed by atoms with Crippen LogP contribution in [0.3, 0.4) is 0 Å². The van der Waals surface area contributed by atoms with E-state index in [1.165, 1.54) is 49.4 Å². The molecule has 0 bridgehead atoms. The first-order chi connectivity index (χ1) is 9.75. The number of hydrogen-bond acceptors (Lipinski definition) is 1. The molecule has 2 heteroatoms. The van der Waals surface area contributed by atoms with Gasteiger partial charge in [-0.1, -0.05) is 57.2 Å². The van der Waals surface area contributed by atoms with E-state index in [-0.39, 0.29) is 5.60 Å². The van der Waals surface area contributed by atoms with Crippen LogP contribution in [0.25, 0.3) is 0 Å². The Hall–Kier alpha value is 0.690. The molecule has 0 saturated heterocycles. The molecule has 2 unspecified atom stereocenters. The van der Waals surface area contributed by atoms with Crippen LogP contribution in [0.2, 0.25) is 0 Å². The van der Waals surface area contributed by atoms with Crippen molar-refractivity contribution in [3.8, 4) is 0 Å². The summed E-state index contributed by atoms with van der Waals surface area (Å²) in [4.78, 5) is 0. The molecular weight excluding hydrogens is 371 g/mol. The van der Waals surface area contributed by atoms with E-state index in [0.717, 1.165) is 17.8 Å². The molecule has 0 aliphatic heterocycles. The summed E-state index contributed by atoms with van der Waals surface area (Å²) in [5.41, 5.74) is 0.647. The molecule has 0 aromatic carbocycles. The topological polar surface area (TPSA) is 9.23 Å². The molecule has 2 rings (SSSR count). The first kappa shape index (κ1) is 18.0. The van der Waals surface area contributed by atoms with Gasteiger partial charge < -0.3 is 4.74 Å². The van der Waals surface area contributed by atoms with Gasteiger partial charge in [0, 0.05) is 4.43 Å². The largest absolute Gasteiger partial charge is 0.371 e. The summed E-state index contributed by atoms with van der Waals surface area (Å²) >= 11 is 2.57. The Kier molecular flexibility index (Phi) is 6.07. The fourth-order valence-corrected chi connectivity index (χ4v) is 5.76. The van der Waals surface area contributed by atoms with Crippen LogP contribution in [0.15, 0.2) is 0 Å². The van der Waals surface area contributed by atoms with E-state index in [1.54, 1.807) is 0 Å². The summed E-state index contributed by atoms with van der Waals surface area (Å²) in [6.45, 7) is 12.0. The van der Waals surface area contributed by atoms with Crippen molar-refractivity contribution in [2.75, 3.05) is 4.43 Å². The summed E-state index contributed by atoms with van der Waals surface area (Å²) in [7, 11) is 0. The lowest BCUT2D eigenvalue weighted by atomic mass is 9.71. The van der Waals surface area contributed by atoms with Crippen molar-refractivity contribution < 1.29 is 4.74 Å². The standard InChI is InChI=1S/C19H35IO/c1-14(2)16-6-8-19(13-20,9-7-16)21-17-10-15(3)11-18(4,5)12-17/h14-17H,6-13H2,1-5H3. The van der Waals surface area contributed by atoms with Crippen LogP contribution in [0.5, 0.6) is 0 Å². The molecule has 2 fully saturated rings. The molecule has 0 aromatic heterocycles. The van der Waals surface area contributed by atoms with Gasteiger partial charge in [0.25, 0.3) is 0 Å². The predicted octanol–water partition coefficient (Wildman–Crippen LogP) is 6.24. The van der Waals surface area contributed by atoms with Crippen LogP contribution in [-0.4, -0.2) is 16.1 Å². The van der Waals surface area contributed by atoms with Crippen molar-refractivity contribution in [2.24, 2.45) is 23.2 Å². The lowest BCUT2D eigenvalue weighted by molar-refractivity contribution is -0.134. The lowest BCUT2D eigenvalue weighted by Gasteiger charge is -2.46. The van der Waals surface area contributed by atoms with Crippen LogP contribution in [0.1, 0.15) is 79.6 Å². The number of alkyl halides is 1. The maximum Gasteiger partial charge on any atom is 0.0775 e. The van der Waals surface area contributed by atoms with Crippen LogP contribution in [-0.2, 0) is 4.74 Å². The van der Waals surface area contributed by atoms with Gasteiger partial charge in [0.15, 0.2) is 0 Å². The Morgan fingerprint density at radius 2 is 1.76 bits per heavy atom. The second kappa shape index (κ2) is 7.07. The fourth-order valence-electron chi connectivity index (χ4n) is 4.82. The highest BCUT2D eigenvalue weighted by Crippen LogP contribution is 2.45. The van der Waals surface area contributed by atoms with Gasteiger partial charge in [0.05, 0.1) is 11.7 Å². The highest BCUT2D eigenvalue weighted by molar-refractivity contribution is 14.1. The van der Waals surface area contributed by atoms with Crippen molar-refractivity contribution in [1.82, 2.24) is 0 Å². The third kappa shape index (κ3) is 4.83. The molecule has 2 saturated carbocycles. The van der Waals surface area contributed by atoms with E-state index in [2.05, 4.69) is 57.2 Å². The molecule has 0 amide bonds. The summed E-state index contributed by atoms with van der Waals surface area (Å²) in [5.74, 6) is 2.58. The molecule has 0 heterocycles. The van der Waals surface area contributed by atoms with Gasteiger partial charge in [-0.05, 0) is 68.1 Å². The zero-order valence-electron chi connectivity index (χ0n) is 14.8. The number of halogens is 1. The van der Waals surface area contributed by atoms with Gasteiger partial charge in [-0.3, -0.25) is 0 Å². The highest BCUT2D eigenvalue weighted by atomic mass is 127. The summed E-state index contributed by atoms with van der Waals surface area (Å²) in [6, 6.07) is 0. The normalized spacial score (nSPS) is 40.4. The molecule has 2 atom stereocenters. The third-order valence-electron chi connectivity index (χ3n) is 5.89. The van der Waals surface area contributed by atoms with E-state index in [1.807, 2.05) is 0 Å². The minimum absolute atomic E-state index is 0.184. The van der Waals surface area contributed by atoms with Gasteiger partial charge in [-0.2, -0.15) is 0 Å². The van der Waals surface area contributed by atoms with E-state index < -0.39 is 0 Å². The van der Waals surface area contributed by atoms with Crippen molar-refractivity contribution in [2.45, 2.75) is 91.3 Å². The first-order valence-corrected chi connectivity index (χ1v) is 10.5. The summed E-state index contributed by atoms with van der Waals surface area (Å²) in [5, 5.41) is 0. The maximum atomic E-state index is 6.80. The minimum atomic E-state index is 0.184. The minimum Gasteiger partial charge on any atom is -0.371 e. The Morgan fingerprint density at radius 1 is 1.14 bits per heavy atom. The molecule has 0 N–H and O–H groups in total. The zero-order chi connectivity index (χ0) is 15.7. The monoisotopic (exact) mass is 406 g/mol. The van der Waals surface area contributed by atoms with E-state index in [0.29, 0.717) is 11.5 Å². The third-order valence-corrected chi connectivity index (χ3v) is 7.28. The molecule has 1 nitrogen and oxygen atoms in total. The smallest absolute Gasteiger partial charge is 0.0775 e. The first-order valence-electron chi connectivity index (χ1n) is 8.99. The predicted molar refractivity (Wildman–Crippen MR) is 100 cm³/mol. The zero-order valence-corrected chi connectivity index (χ0v) is 16.9. The number of rotatable bonds is 4. The van der Waals surface area contributed by atoms with Gasteiger partial charge in [-0.25, -0.2) is 0 Å². The van der Waals surface area contributed by atoms with Gasteiger partial charge >= 0.3 is 0 Å². The average Bonchev–Trinajstić information content (AvgIpc) is 2.36. The lowest BCUT2D eigenvalue weighted by Crippen LogP contribution is -2.45. The molecular formula is C19H35IO. The molecule has 2 aliphatic rings. The van der Waals surface area contributed by atoms with Crippen LogP contribution < -0.4 is 0 Å². The fraction of sp³-hybridized carbons (Fsp3) is 1.00. The van der Waals surface area contributed by atoms with Crippen molar-refractivity contribution in [1.29, 1.82) is 0 Å².